The summed E-state index contributed by atoms with van der Waals surface area (Å²) < 4.78 is 32.5. The van der Waals surface area contributed by atoms with Gasteiger partial charge in [-0.15, -0.1) is 0 Å². The zero-order valence-electron chi connectivity index (χ0n) is 19.7. The van der Waals surface area contributed by atoms with Gasteiger partial charge in [0.2, 0.25) is 21.8 Å². The van der Waals surface area contributed by atoms with Crippen molar-refractivity contribution in [2.75, 3.05) is 37.0 Å². The first-order chi connectivity index (χ1) is 15.6. The van der Waals surface area contributed by atoms with Crippen molar-refractivity contribution in [2.24, 2.45) is 5.92 Å². The summed E-state index contributed by atoms with van der Waals surface area (Å²) in [6, 6.07) is 10.3. The number of hydrogen-bond donors (Lipinski definition) is 1. The van der Waals surface area contributed by atoms with Crippen LogP contribution in [0.15, 0.2) is 41.3 Å². The molecule has 1 aliphatic rings. The number of hydrogen-bond acceptors (Lipinski definition) is 5. The number of benzene rings is 2. The van der Waals surface area contributed by atoms with Gasteiger partial charge in [-0.2, -0.15) is 4.31 Å². The van der Waals surface area contributed by atoms with Crippen LogP contribution in [-0.4, -0.2) is 51.3 Å². The number of nitrogens with one attached hydrogen (secondary N) is 1. The minimum Gasteiger partial charge on any atom is -0.495 e. The number of nitrogens with zero attached hydrogens (tertiary/aromatic N) is 2. The van der Waals surface area contributed by atoms with Gasteiger partial charge in [-0.3, -0.25) is 9.59 Å². The molecule has 178 valence electrons. The van der Waals surface area contributed by atoms with Gasteiger partial charge in [-0.05, 0) is 55.3 Å². The Kier molecular flexibility index (Phi) is 7.44. The lowest BCUT2D eigenvalue weighted by Gasteiger charge is -2.20. The fraction of sp³-hybridized carbons (Fsp3) is 0.417. The quantitative estimate of drug-likeness (QED) is 0.634. The highest BCUT2D eigenvalue weighted by atomic mass is 32.2. The van der Waals surface area contributed by atoms with E-state index >= 15 is 0 Å². The normalized spacial score (nSPS) is 16.4. The molecule has 0 saturated carbocycles. The maximum atomic E-state index is 13.0. The van der Waals surface area contributed by atoms with Crippen LogP contribution < -0.4 is 15.0 Å². The molecule has 1 N–H and O–H groups in total. The number of amides is 2. The molecule has 8 nitrogen and oxygen atoms in total. The van der Waals surface area contributed by atoms with Crippen LogP contribution in [0.5, 0.6) is 5.75 Å². The zero-order valence-corrected chi connectivity index (χ0v) is 20.5. The second-order valence-electron chi connectivity index (χ2n) is 8.19. The number of rotatable bonds is 8. The van der Waals surface area contributed by atoms with Crippen LogP contribution in [-0.2, 0) is 19.6 Å². The molecule has 33 heavy (non-hydrogen) atoms. The van der Waals surface area contributed by atoms with Gasteiger partial charge in [0.25, 0.3) is 0 Å². The van der Waals surface area contributed by atoms with E-state index in [0.717, 1.165) is 16.8 Å². The first-order valence-corrected chi connectivity index (χ1v) is 12.4. The molecule has 3 rings (SSSR count). The Labute approximate surface area is 195 Å². The average molecular weight is 474 g/mol. The van der Waals surface area contributed by atoms with Crippen LogP contribution >= 0.6 is 0 Å². The van der Waals surface area contributed by atoms with E-state index in [0.29, 0.717) is 18.8 Å². The molecule has 1 aliphatic heterocycles. The minimum atomic E-state index is -3.70. The fourth-order valence-corrected chi connectivity index (χ4v) is 5.62. The second kappa shape index (κ2) is 9.93. The fourth-order valence-electron chi connectivity index (χ4n) is 4.13. The lowest BCUT2D eigenvalue weighted by Crippen LogP contribution is -2.31. The molecule has 1 saturated heterocycles. The molecule has 9 heteroatoms. The molecular formula is C24H31N3O5S. The topological polar surface area (TPSA) is 96.0 Å². The van der Waals surface area contributed by atoms with Crippen LogP contribution in [0.3, 0.4) is 0 Å². The smallest absolute Gasteiger partial charge is 0.243 e. The Morgan fingerprint density at radius 2 is 1.76 bits per heavy atom. The molecule has 0 spiro atoms. The molecule has 1 atom stereocenters. The predicted molar refractivity (Wildman–Crippen MR) is 128 cm³/mol. The van der Waals surface area contributed by atoms with E-state index in [2.05, 4.69) is 5.32 Å². The highest BCUT2D eigenvalue weighted by Crippen LogP contribution is 2.31. The van der Waals surface area contributed by atoms with Crippen LogP contribution in [0, 0.1) is 19.8 Å². The molecule has 0 aromatic heterocycles. The number of carbonyl (C=O) groups is 2. The van der Waals surface area contributed by atoms with Crippen molar-refractivity contribution in [2.45, 2.75) is 39.0 Å². The van der Waals surface area contributed by atoms with Gasteiger partial charge in [0.15, 0.2) is 0 Å². The Bertz CT molecular complexity index is 1140. The van der Waals surface area contributed by atoms with E-state index in [1.165, 1.54) is 29.6 Å². The summed E-state index contributed by atoms with van der Waals surface area (Å²) in [6.45, 7) is 8.40. The SMILES string of the molecule is CCN(CC)S(=O)(=O)c1ccc(OC)c(NC(=O)C2CC(=O)N(c3cc(C)cc(C)c3)C2)c1. The van der Waals surface area contributed by atoms with Gasteiger partial charge in [0.05, 0.1) is 23.6 Å². The van der Waals surface area contributed by atoms with E-state index in [1.807, 2.05) is 32.0 Å². The second-order valence-corrected chi connectivity index (χ2v) is 10.1. The summed E-state index contributed by atoms with van der Waals surface area (Å²) in [5.74, 6) is -0.695. The number of sulfonamides is 1. The third-order valence-electron chi connectivity index (χ3n) is 5.79. The Hall–Kier alpha value is -2.91. The van der Waals surface area contributed by atoms with Gasteiger partial charge in [0.1, 0.15) is 5.75 Å². The lowest BCUT2D eigenvalue weighted by atomic mass is 10.1. The van der Waals surface area contributed by atoms with E-state index in [-0.39, 0.29) is 35.4 Å². The standard InChI is InChI=1S/C24H31N3O5S/c1-6-26(7-2)33(30,31)20-8-9-22(32-5)21(14-20)25-24(29)18-13-23(28)27(15-18)19-11-16(3)10-17(4)12-19/h8-12,14,18H,6-7,13,15H2,1-5H3,(H,25,29). The highest BCUT2D eigenvalue weighted by molar-refractivity contribution is 7.89. The summed E-state index contributed by atoms with van der Waals surface area (Å²) in [6.07, 6.45) is 0.0819. The first-order valence-electron chi connectivity index (χ1n) is 11.0. The van der Waals surface area contributed by atoms with Crippen LogP contribution in [0.25, 0.3) is 0 Å². The summed E-state index contributed by atoms with van der Waals surface area (Å²) in [5.41, 5.74) is 3.12. The maximum absolute atomic E-state index is 13.0. The van der Waals surface area contributed by atoms with Crippen molar-refractivity contribution in [3.8, 4) is 5.75 Å². The summed E-state index contributed by atoms with van der Waals surface area (Å²) in [5, 5.41) is 2.78. The third kappa shape index (κ3) is 5.20. The summed E-state index contributed by atoms with van der Waals surface area (Å²) >= 11 is 0. The van der Waals surface area contributed by atoms with Crippen molar-refractivity contribution >= 4 is 33.2 Å². The summed E-state index contributed by atoms with van der Waals surface area (Å²) in [4.78, 5) is 27.4. The molecule has 0 radical (unpaired) electrons. The molecule has 1 unspecified atom stereocenters. The van der Waals surface area contributed by atoms with Crippen molar-refractivity contribution in [1.29, 1.82) is 0 Å². The van der Waals surface area contributed by atoms with Crippen molar-refractivity contribution < 1.29 is 22.7 Å². The van der Waals surface area contributed by atoms with E-state index in [4.69, 9.17) is 4.74 Å². The molecule has 1 heterocycles. The largest absolute Gasteiger partial charge is 0.495 e. The number of anilines is 2. The third-order valence-corrected chi connectivity index (χ3v) is 7.83. The van der Waals surface area contributed by atoms with Gasteiger partial charge in [-0.25, -0.2) is 8.42 Å². The maximum Gasteiger partial charge on any atom is 0.243 e. The van der Waals surface area contributed by atoms with E-state index < -0.39 is 15.9 Å². The van der Waals surface area contributed by atoms with Gasteiger partial charge in [0, 0.05) is 31.7 Å². The first kappa shape index (κ1) is 24.7. The number of methoxy groups -OCH3 is 1. The van der Waals surface area contributed by atoms with E-state index in [9.17, 15) is 18.0 Å². The number of aryl methyl sites for hydroxylation is 2. The van der Waals surface area contributed by atoms with Gasteiger partial charge in [-0.1, -0.05) is 19.9 Å². The van der Waals surface area contributed by atoms with E-state index in [1.54, 1.807) is 18.7 Å². The van der Waals surface area contributed by atoms with Crippen LogP contribution in [0.1, 0.15) is 31.4 Å². The molecule has 0 aliphatic carbocycles. The summed E-state index contributed by atoms with van der Waals surface area (Å²) in [7, 11) is -2.25. The monoisotopic (exact) mass is 473 g/mol. The van der Waals surface area contributed by atoms with Crippen molar-refractivity contribution in [1.82, 2.24) is 4.31 Å². The average Bonchev–Trinajstić information content (AvgIpc) is 3.15. The highest BCUT2D eigenvalue weighted by Gasteiger charge is 2.36. The molecule has 0 bridgehead atoms. The molecule has 2 amide bonds. The predicted octanol–water partition coefficient (Wildman–Crippen LogP) is 3.33. The Balaban J connectivity index is 1.83. The number of carbonyl (C=O) groups excluding carboxylic acids is 2. The molecular weight excluding hydrogens is 442 g/mol. The molecule has 1 fully saturated rings. The minimum absolute atomic E-state index is 0.0710. The van der Waals surface area contributed by atoms with Crippen molar-refractivity contribution in [3.63, 3.8) is 0 Å². The zero-order chi connectivity index (χ0) is 24.3. The lowest BCUT2D eigenvalue weighted by molar-refractivity contribution is -0.122. The Morgan fingerprint density at radius 1 is 1.12 bits per heavy atom. The van der Waals surface area contributed by atoms with Gasteiger partial charge < -0.3 is 15.0 Å². The van der Waals surface area contributed by atoms with Gasteiger partial charge >= 0.3 is 0 Å². The number of ether oxygens (including phenoxy) is 1. The van der Waals surface area contributed by atoms with Crippen LogP contribution in [0.4, 0.5) is 11.4 Å². The molecule has 2 aromatic carbocycles. The molecule has 2 aromatic rings. The van der Waals surface area contributed by atoms with Crippen LogP contribution in [0.2, 0.25) is 0 Å². The van der Waals surface area contributed by atoms with Crippen molar-refractivity contribution in [3.05, 3.63) is 47.5 Å². The Morgan fingerprint density at radius 3 is 2.33 bits per heavy atom.